The van der Waals surface area contributed by atoms with Gasteiger partial charge >= 0.3 is 0 Å². The van der Waals surface area contributed by atoms with Crippen molar-refractivity contribution in [1.29, 1.82) is 0 Å². The van der Waals surface area contributed by atoms with Crippen molar-refractivity contribution >= 4 is 23.3 Å². The zero-order chi connectivity index (χ0) is 16.9. The molecular formula is C18H21N3O2S. The number of hydrogen-bond acceptors (Lipinski definition) is 5. The van der Waals surface area contributed by atoms with E-state index in [2.05, 4.69) is 9.97 Å². The van der Waals surface area contributed by atoms with E-state index in [0.717, 1.165) is 30.0 Å². The van der Waals surface area contributed by atoms with Gasteiger partial charge in [0, 0.05) is 29.3 Å². The number of carbonyl (C=O) groups is 1. The summed E-state index contributed by atoms with van der Waals surface area (Å²) < 4.78 is 5.98. The molecule has 2 aromatic rings. The smallest absolute Gasteiger partial charge is 0.246 e. The molecule has 1 aliphatic rings. The number of aryl methyl sites for hydroxylation is 2. The van der Waals surface area contributed by atoms with Gasteiger partial charge in [-0.2, -0.15) is 4.98 Å². The van der Waals surface area contributed by atoms with Crippen LogP contribution >= 0.6 is 11.3 Å². The van der Waals surface area contributed by atoms with Crippen LogP contribution in [-0.2, 0) is 4.79 Å². The number of ether oxygens (including phenoxy) is 1. The largest absolute Gasteiger partial charge is 0.472 e. The van der Waals surface area contributed by atoms with Crippen LogP contribution in [0, 0.1) is 13.8 Å². The van der Waals surface area contributed by atoms with Gasteiger partial charge in [0.15, 0.2) is 0 Å². The Morgan fingerprint density at radius 1 is 1.42 bits per heavy atom. The van der Waals surface area contributed by atoms with Crippen molar-refractivity contribution in [3.05, 3.63) is 46.1 Å². The summed E-state index contributed by atoms with van der Waals surface area (Å²) in [6.07, 6.45) is 5.36. The summed E-state index contributed by atoms with van der Waals surface area (Å²) >= 11 is 1.62. The average molecular weight is 343 g/mol. The van der Waals surface area contributed by atoms with E-state index >= 15 is 0 Å². The fraction of sp³-hybridized carbons (Fsp3) is 0.389. The highest BCUT2D eigenvalue weighted by atomic mass is 32.1. The lowest BCUT2D eigenvalue weighted by Gasteiger charge is -2.32. The molecule has 0 N–H and O–H groups in total. The Labute approximate surface area is 146 Å². The van der Waals surface area contributed by atoms with Gasteiger partial charge < -0.3 is 9.64 Å². The molecule has 0 bridgehead atoms. The molecule has 2 aromatic heterocycles. The second kappa shape index (κ2) is 7.57. The van der Waals surface area contributed by atoms with Gasteiger partial charge in [-0.1, -0.05) is 6.07 Å². The maximum atomic E-state index is 12.4. The Morgan fingerprint density at radius 3 is 3.04 bits per heavy atom. The van der Waals surface area contributed by atoms with E-state index in [1.54, 1.807) is 17.4 Å². The van der Waals surface area contributed by atoms with Gasteiger partial charge in [0.25, 0.3) is 0 Å². The van der Waals surface area contributed by atoms with E-state index in [1.807, 2.05) is 48.4 Å². The highest BCUT2D eigenvalue weighted by Crippen LogP contribution is 2.18. The molecule has 6 heteroatoms. The quantitative estimate of drug-likeness (QED) is 0.800. The SMILES string of the molecule is Cc1cc(OC2CCCN(C(=O)/C=C/c3cccs3)C2)nc(C)n1. The van der Waals surface area contributed by atoms with Crippen molar-refractivity contribution in [3.63, 3.8) is 0 Å². The van der Waals surface area contributed by atoms with Crippen molar-refractivity contribution < 1.29 is 9.53 Å². The molecule has 0 aliphatic carbocycles. The first-order valence-electron chi connectivity index (χ1n) is 8.09. The summed E-state index contributed by atoms with van der Waals surface area (Å²) in [7, 11) is 0. The Hall–Kier alpha value is -2.21. The molecule has 1 saturated heterocycles. The van der Waals surface area contributed by atoms with Crippen molar-refractivity contribution in [3.8, 4) is 5.88 Å². The molecule has 126 valence electrons. The van der Waals surface area contributed by atoms with Crippen molar-refractivity contribution in [2.45, 2.75) is 32.8 Å². The number of amides is 1. The zero-order valence-corrected chi connectivity index (χ0v) is 14.8. The second-order valence-electron chi connectivity index (χ2n) is 5.91. The van der Waals surface area contributed by atoms with E-state index in [9.17, 15) is 4.79 Å². The van der Waals surface area contributed by atoms with E-state index in [0.29, 0.717) is 18.2 Å². The number of aromatic nitrogens is 2. The number of thiophene rings is 1. The van der Waals surface area contributed by atoms with Gasteiger partial charge in [-0.05, 0) is 44.2 Å². The Bertz CT molecular complexity index is 708. The minimum absolute atomic E-state index is 0.0217. The maximum absolute atomic E-state index is 12.4. The third kappa shape index (κ3) is 4.41. The summed E-state index contributed by atoms with van der Waals surface area (Å²) in [5.74, 6) is 1.33. The van der Waals surface area contributed by atoms with Crippen LogP contribution in [0.5, 0.6) is 5.88 Å². The minimum atomic E-state index is -0.0217. The van der Waals surface area contributed by atoms with Crippen molar-refractivity contribution in [2.24, 2.45) is 0 Å². The molecule has 3 heterocycles. The predicted octanol–water partition coefficient (Wildman–Crippen LogP) is 3.24. The normalized spacial score (nSPS) is 18.1. The minimum Gasteiger partial charge on any atom is -0.472 e. The Balaban J connectivity index is 1.60. The topological polar surface area (TPSA) is 55.3 Å². The molecule has 1 aliphatic heterocycles. The summed E-state index contributed by atoms with van der Waals surface area (Å²) in [6, 6.07) is 5.81. The standard InChI is InChI=1S/C18H21N3O2S/c1-13-11-17(20-14(2)19-13)23-15-5-3-9-21(12-15)18(22)8-7-16-6-4-10-24-16/h4,6-8,10-11,15H,3,5,9,12H2,1-2H3/b8-7+. The highest BCUT2D eigenvalue weighted by molar-refractivity contribution is 7.10. The van der Waals surface area contributed by atoms with E-state index in [4.69, 9.17) is 4.74 Å². The van der Waals surface area contributed by atoms with Crippen molar-refractivity contribution in [2.75, 3.05) is 13.1 Å². The van der Waals surface area contributed by atoms with Gasteiger partial charge in [-0.15, -0.1) is 11.3 Å². The van der Waals surface area contributed by atoms with Crippen LogP contribution in [0.15, 0.2) is 29.7 Å². The molecular weight excluding hydrogens is 322 g/mol. The van der Waals surface area contributed by atoms with Crippen LogP contribution in [0.4, 0.5) is 0 Å². The number of carbonyl (C=O) groups excluding carboxylic acids is 1. The fourth-order valence-corrected chi connectivity index (χ4v) is 3.41. The molecule has 1 fully saturated rings. The molecule has 1 amide bonds. The van der Waals surface area contributed by atoms with Crippen LogP contribution in [-0.4, -0.2) is 40.0 Å². The van der Waals surface area contributed by atoms with E-state index in [1.165, 1.54) is 0 Å². The van der Waals surface area contributed by atoms with Crippen LogP contribution in [0.3, 0.4) is 0 Å². The Kier molecular flexibility index (Phi) is 5.25. The molecule has 1 atom stereocenters. The van der Waals surface area contributed by atoms with Crippen LogP contribution in [0.25, 0.3) is 6.08 Å². The van der Waals surface area contributed by atoms with Gasteiger partial charge in [0.05, 0.1) is 6.54 Å². The molecule has 5 nitrogen and oxygen atoms in total. The van der Waals surface area contributed by atoms with Crippen LogP contribution < -0.4 is 4.74 Å². The molecule has 0 saturated carbocycles. The fourth-order valence-electron chi connectivity index (χ4n) is 2.79. The number of likely N-dealkylation sites (tertiary alicyclic amines) is 1. The first-order chi connectivity index (χ1) is 11.6. The Morgan fingerprint density at radius 2 is 2.29 bits per heavy atom. The highest BCUT2D eigenvalue weighted by Gasteiger charge is 2.24. The van der Waals surface area contributed by atoms with Crippen molar-refractivity contribution in [1.82, 2.24) is 14.9 Å². The number of piperidine rings is 1. The number of hydrogen-bond donors (Lipinski definition) is 0. The van der Waals surface area contributed by atoms with E-state index in [-0.39, 0.29) is 12.0 Å². The molecule has 0 spiro atoms. The zero-order valence-electron chi connectivity index (χ0n) is 13.9. The first-order valence-corrected chi connectivity index (χ1v) is 8.97. The van der Waals surface area contributed by atoms with Crippen LogP contribution in [0.2, 0.25) is 0 Å². The molecule has 3 rings (SSSR count). The second-order valence-corrected chi connectivity index (χ2v) is 6.89. The lowest BCUT2D eigenvalue weighted by Crippen LogP contribution is -2.43. The lowest BCUT2D eigenvalue weighted by atomic mass is 10.1. The molecule has 24 heavy (non-hydrogen) atoms. The maximum Gasteiger partial charge on any atom is 0.246 e. The summed E-state index contributed by atoms with van der Waals surface area (Å²) in [5.41, 5.74) is 0.889. The van der Waals surface area contributed by atoms with Crippen LogP contribution in [0.1, 0.15) is 29.2 Å². The van der Waals surface area contributed by atoms with Gasteiger partial charge in [-0.25, -0.2) is 4.98 Å². The summed E-state index contributed by atoms with van der Waals surface area (Å²) in [4.78, 5) is 23.9. The third-order valence-corrected chi connectivity index (χ3v) is 4.69. The molecule has 0 aromatic carbocycles. The van der Waals surface area contributed by atoms with Gasteiger partial charge in [0.2, 0.25) is 11.8 Å². The lowest BCUT2D eigenvalue weighted by molar-refractivity contribution is -0.128. The predicted molar refractivity (Wildman–Crippen MR) is 95.1 cm³/mol. The molecule has 0 radical (unpaired) electrons. The average Bonchev–Trinajstić information content (AvgIpc) is 3.05. The third-order valence-electron chi connectivity index (χ3n) is 3.85. The monoisotopic (exact) mass is 343 g/mol. The van der Waals surface area contributed by atoms with Gasteiger partial charge in [0.1, 0.15) is 11.9 Å². The first kappa shape index (κ1) is 16.6. The summed E-state index contributed by atoms with van der Waals surface area (Å²) in [6.45, 7) is 5.14. The van der Waals surface area contributed by atoms with Gasteiger partial charge in [-0.3, -0.25) is 4.79 Å². The summed E-state index contributed by atoms with van der Waals surface area (Å²) in [5, 5.41) is 2.00. The van der Waals surface area contributed by atoms with E-state index < -0.39 is 0 Å². The number of rotatable bonds is 4. The molecule has 1 unspecified atom stereocenters. The number of nitrogens with zero attached hydrogens (tertiary/aromatic N) is 3.